The Labute approximate surface area is 238 Å². The lowest BCUT2D eigenvalue weighted by Crippen LogP contribution is -2.28. The van der Waals surface area contributed by atoms with Gasteiger partial charge in [0.2, 0.25) is 0 Å². The molecule has 2 N–H and O–H groups in total. The number of rotatable bonds is 26. The summed E-state index contributed by atoms with van der Waals surface area (Å²) in [4.78, 5) is 23.9. The van der Waals surface area contributed by atoms with Gasteiger partial charge in [-0.25, -0.2) is 0 Å². The number of aliphatic hydroxyl groups excluding tert-OH is 2. The lowest BCUT2D eigenvalue weighted by molar-refractivity contribution is -0.161. The molecule has 0 aromatic heterocycles. The summed E-state index contributed by atoms with van der Waals surface area (Å²) < 4.78 is 10.4. The number of carbonyl (C=O) groups excluding carboxylic acids is 2. The van der Waals surface area contributed by atoms with Gasteiger partial charge in [0.1, 0.15) is 6.61 Å². The smallest absolute Gasteiger partial charge is 0.306 e. The van der Waals surface area contributed by atoms with Gasteiger partial charge in [0.05, 0.1) is 12.7 Å². The minimum Gasteiger partial charge on any atom is -0.462 e. The molecule has 0 saturated heterocycles. The molecule has 2 atom stereocenters. The van der Waals surface area contributed by atoms with E-state index in [-0.39, 0.29) is 37.7 Å². The van der Waals surface area contributed by atoms with E-state index < -0.39 is 6.10 Å². The summed E-state index contributed by atoms with van der Waals surface area (Å²) >= 11 is 0. The van der Waals surface area contributed by atoms with E-state index in [1.165, 1.54) is 25.7 Å². The summed E-state index contributed by atoms with van der Waals surface area (Å²) in [6.07, 6.45) is 31.2. The van der Waals surface area contributed by atoms with Crippen LogP contribution in [0.3, 0.4) is 0 Å². The molecule has 6 nitrogen and oxygen atoms in total. The summed E-state index contributed by atoms with van der Waals surface area (Å²) in [6.45, 7) is 3.73. The van der Waals surface area contributed by atoms with Crippen LogP contribution in [0.5, 0.6) is 0 Å². The summed E-state index contributed by atoms with van der Waals surface area (Å²) in [5.41, 5.74) is 0. The molecule has 0 bridgehead atoms. The molecule has 0 saturated carbocycles. The zero-order chi connectivity index (χ0) is 28.8. The molecule has 39 heavy (non-hydrogen) atoms. The Morgan fingerprint density at radius 2 is 1.23 bits per heavy atom. The van der Waals surface area contributed by atoms with E-state index in [1.807, 2.05) is 6.92 Å². The molecule has 224 valence electrons. The largest absolute Gasteiger partial charge is 0.462 e. The van der Waals surface area contributed by atoms with Gasteiger partial charge in [0.25, 0.3) is 0 Å². The quantitative estimate of drug-likeness (QED) is 0.0654. The summed E-state index contributed by atoms with van der Waals surface area (Å²) in [5.74, 6) is -0.688. The van der Waals surface area contributed by atoms with E-state index in [2.05, 4.69) is 55.5 Å². The highest BCUT2D eigenvalue weighted by molar-refractivity contribution is 5.70. The van der Waals surface area contributed by atoms with Gasteiger partial charge >= 0.3 is 11.9 Å². The standard InChI is InChI=1S/C33H56O6/c1-3-5-6-7-16-20-23-26-32(36)38-29-31(28-34)39-33(37)27-24-21-18-15-13-11-9-8-10-12-14-17-19-22-25-30(35)4-2/h9-12,15,17-19,30-31,34-35H,3-8,13-14,16,20-29H2,1-2H3/b11-9-,12-10-,18-15-,19-17-/t30-,31+/m1/s1. The number of carbonyl (C=O) groups is 2. The first-order chi connectivity index (χ1) is 19.0. The van der Waals surface area contributed by atoms with Crippen molar-refractivity contribution in [1.29, 1.82) is 0 Å². The fourth-order valence-corrected chi connectivity index (χ4v) is 3.76. The molecule has 0 rings (SSSR count). The molecule has 0 fully saturated rings. The number of aliphatic hydroxyl groups is 2. The predicted octanol–water partition coefficient (Wildman–Crippen LogP) is 7.69. The maximum atomic E-state index is 12.0. The highest BCUT2D eigenvalue weighted by Gasteiger charge is 2.15. The van der Waals surface area contributed by atoms with Crippen molar-refractivity contribution in [2.75, 3.05) is 13.2 Å². The van der Waals surface area contributed by atoms with Crippen molar-refractivity contribution in [3.63, 3.8) is 0 Å². The van der Waals surface area contributed by atoms with Crippen LogP contribution in [-0.2, 0) is 19.1 Å². The first-order valence-corrected chi connectivity index (χ1v) is 15.3. The molecule has 0 spiro atoms. The minimum absolute atomic E-state index is 0.0975. The van der Waals surface area contributed by atoms with Gasteiger partial charge in [0.15, 0.2) is 6.10 Å². The van der Waals surface area contributed by atoms with E-state index in [0.29, 0.717) is 12.8 Å². The van der Waals surface area contributed by atoms with Crippen LogP contribution in [0.1, 0.15) is 123 Å². The number of unbranched alkanes of at least 4 members (excludes halogenated alkanes) is 7. The predicted molar refractivity (Wildman–Crippen MR) is 160 cm³/mol. The van der Waals surface area contributed by atoms with Gasteiger partial charge in [-0.3, -0.25) is 9.59 Å². The summed E-state index contributed by atoms with van der Waals surface area (Å²) in [5, 5.41) is 18.9. The first-order valence-electron chi connectivity index (χ1n) is 15.3. The number of allylic oxidation sites excluding steroid dienone is 8. The highest BCUT2D eigenvalue weighted by atomic mass is 16.6. The maximum absolute atomic E-state index is 12.0. The van der Waals surface area contributed by atoms with Crippen LogP contribution in [0.2, 0.25) is 0 Å². The topological polar surface area (TPSA) is 93.1 Å². The van der Waals surface area contributed by atoms with Crippen LogP contribution < -0.4 is 0 Å². The molecule has 0 aromatic rings. The Bertz CT molecular complexity index is 694. The Kier molecular flexibility index (Phi) is 27.2. The average molecular weight is 549 g/mol. The van der Waals surface area contributed by atoms with Crippen LogP contribution in [0, 0.1) is 0 Å². The average Bonchev–Trinajstić information content (AvgIpc) is 2.94. The van der Waals surface area contributed by atoms with Gasteiger partial charge in [-0.2, -0.15) is 0 Å². The molecule has 6 heteroatoms. The Balaban J connectivity index is 3.76. The zero-order valence-electron chi connectivity index (χ0n) is 24.7. The van der Waals surface area contributed by atoms with E-state index in [9.17, 15) is 19.8 Å². The molecule has 0 aliphatic heterocycles. The van der Waals surface area contributed by atoms with Gasteiger partial charge in [-0.1, -0.05) is 101 Å². The van der Waals surface area contributed by atoms with Crippen molar-refractivity contribution in [2.24, 2.45) is 0 Å². The first kappa shape index (κ1) is 36.8. The SMILES string of the molecule is CCCCCCCCCC(=O)OC[C@H](CO)OC(=O)CCC/C=C\C/C=C\C/C=C\C/C=C\CC[C@H](O)CC. The van der Waals surface area contributed by atoms with Gasteiger partial charge in [-0.15, -0.1) is 0 Å². The van der Waals surface area contributed by atoms with Gasteiger partial charge in [-0.05, 0) is 57.8 Å². The second-order valence-corrected chi connectivity index (χ2v) is 9.97. The van der Waals surface area contributed by atoms with Crippen molar-refractivity contribution in [2.45, 2.75) is 135 Å². The van der Waals surface area contributed by atoms with Crippen molar-refractivity contribution in [1.82, 2.24) is 0 Å². The number of hydrogen-bond donors (Lipinski definition) is 2. The Morgan fingerprint density at radius 1 is 0.692 bits per heavy atom. The van der Waals surface area contributed by atoms with Crippen molar-refractivity contribution in [3.05, 3.63) is 48.6 Å². The number of esters is 2. The molecule has 0 radical (unpaired) electrons. The third-order valence-corrected chi connectivity index (χ3v) is 6.29. The van der Waals surface area contributed by atoms with Crippen LogP contribution in [-0.4, -0.2) is 47.6 Å². The molecular formula is C33H56O6. The Morgan fingerprint density at radius 3 is 1.82 bits per heavy atom. The maximum Gasteiger partial charge on any atom is 0.306 e. The molecular weight excluding hydrogens is 492 g/mol. The Hall–Kier alpha value is -2.18. The second-order valence-electron chi connectivity index (χ2n) is 9.97. The van der Waals surface area contributed by atoms with Crippen LogP contribution in [0.15, 0.2) is 48.6 Å². The highest BCUT2D eigenvalue weighted by Crippen LogP contribution is 2.09. The third kappa shape index (κ3) is 27.2. The van der Waals surface area contributed by atoms with Crippen LogP contribution in [0.4, 0.5) is 0 Å². The zero-order valence-corrected chi connectivity index (χ0v) is 24.7. The molecule has 0 heterocycles. The summed E-state index contributed by atoms with van der Waals surface area (Å²) in [7, 11) is 0. The van der Waals surface area contributed by atoms with E-state index in [4.69, 9.17) is 9.47 Å². The number of ether oxygens (including phenoxy) is 2. The van der Waals surface area contributed by atoms with Crippen molar-refractivity contribution in [3.8, 4) is 0 Å². The van der Waals surface area contributed by atoms with Gasteiger partial charge < -0.3 is 19.7 Å². The molecule has 0 amide bonds. The van der Waals surface area contributed by atoms with E-state index in [1.54, 1.807) is 0 Å². The summed E-state index contributed by atoms with van der Waals surface area (Å²) in [6, 6.07) is 0. The van der Waals surface area contributed by atoms with Crippen LogP contribution in [0.25, 0.3) is 0 Å². The van der Waals surface area contributed by atoms with Crippen molar-refractivity contribution < 1.29 is 29.3 Å². The molecule has 0 aliphatic rings. The lowest BCUT2D eigenvalue weighted by Gasteiger charge is -2.15. The molecule has 0 unspecified atom stereocenters. The minimum atomic E-state index is -0.805. The normalized spacial score (nSPS) is 13.6. The van der Waals surface area contributed by atoms with E-state index in [0.717, 1.165) is 64.2 Å². The van der Waals surface area contributed by atoms with E-state index >= 15 is 0 Å². The lowest BCUT2D eigenvalue weighted by atomic mass is 10.1. The fraction of sp³-hybridized carbons (Fsp3) is 0.697. The molecule has 0 aliphatic carbocycles. The van der Waals surface area contributed by atoms with Crippen LogP contribution >= 0.6 is 0 Å². The fourth-order valence-electron chi connectivity index (χ4n) is 3.76. The van der Waals surface area contributed by atoms with Crippen molar-refractivity contribution >= 4 is 11.9 Å². The third-order valence-electron chi connectivity index (χ3n) is 6.29. The monoisotopic (exact) mass is 548 g/mol. The second kappa shape index (κ2) is 28.8. The van der Waals surface area contributed by atoms with Gasteiger partial charge in [0, 0.05) is 12.8 Å². The number of hydrogen-bond acceptors (Lipinski definition) is 6. The molecule has 0 aromatic carbocycles.